The molecule has 0 saturated heterocycles. The fourth-order valence-corrected chi connectivity index (χ4v) is 2.90. The Morgan fingerprint density at radius 2 is 1.96 bits per heavy atom. The normalized spacial score (nSPS) is 11.1. The SMILES string of the molecule is N#C/C(=C\c1cn(CCC(N)=O)c2ccccc12)c1cccc(C#N)c1. The molecule has 0 aliphatic carbocycles. The van der Waals surface area contributed by atoms with Crippen LogP contribution < -0.4 is 5.73 Å². The molecule has 0 saturated carbocycles. The van der Waals surface area contributed by atoms with Gasteiger partial charge in [0.2, 0.25) is 5.91 Å². The number of fused-ring (bicyclic) bond motifs is 1. The molecule has 26 heavy (non-hydrogen) atoms. The third kappa shape index (κ3) is 3.48. The van der Waals surface area contributed by atoms with Gasteiger partial charge in [-0.15, -0.1) is 0 Å². The largest absolute Gasteiger partial charge is 0.370 e. The van der Waals surface area contributed by atoms with Crippen molar-refractivity contribution in [3.05, 3.63) is 71.4 Å². The molecule has 0 fully saturated rings. The Hall–Kier alpha value is -3.83. The second-order valence-corrected chi connectivity index (χ2v) is 5.87. The molecule has 1 aromatic heterocycles. The van der Waals surface area contributed by atoms with Gasteiger partial charge < -0.3 is 10.3 Å². The van der Waals surface area contributed by atoms with E-state index in [2.05, 4.69) is 12.1 Å². The molecule has 5 nitrogen and oxygen atoms in total. The van der Waals surface area contributed by atoms with Crippen LogP contribution in [0.3, 0.4) is 0 Å². The van der Waals surface area contributed by atoms with E-state index in [1.165, 1.54) is 0 Å². The number of hydrogen-bond donors (Lipinski definition) is 1. The summed E-state index contributed by atoms with van der Waals surface area (Å²) in [5, 5.41) is 19.6. The van der Waals surface area contributed by atoms with Crippen molar-refractivity contribution in [1.29, 1.82) is 10.5 Å². The highest BCUT2D eigenvalue weighted by molar-refractivity contribution is 5.98. The maximum atomic E-state index is 11.1. The van der Waals surface area contributed by atoms with Gasteiger partial charge >= 0.3 is 0 Å². The molecule has 2 N–H and O–H groups in total. The summed E-state index contributed by atoms with van der Waals surface area (Å²) in [5.41, 5.74) is 8.79. The summed E-state index contributed by atoms with van der Waals surface area (Å²) in [5.74, 6) is -0.356. The van der Waals surface area contributed by atoms with Gasteiger partial charge in [0.25, 0.3) is 0 Å². The molecule has 0 unspecified atom stereocenters. The van der Waals surface area contributed by atoms with Gasteiger partial charge in [-0.2, -0.15) is 10.5 Å². The highest BCUT2D eigenvalue weighted by atomic mass is 16.1. The average Bonchev–Trinajstić information content (AvgIpc) is 3.02. The van der Waals surface area contributed by atoms with Crippen LogP contribution in [-0.4, -0.2) is 10.5 Å². The van der Waals surface area contributed by atoms with Crippen molar-refractivity contribution >= 4 is 28.5 Å². The van der Waals surface area contributed by atoms with E-state index in [0.717, 1.165) is 16.5 Å². The number of carbonyl (C=O) groups excluding carboxylic acids is 1. The van der Waals surface area contributed by atoms with E-state index in [0.29, 0.717) is 23.2 Å². The van der Waals surface area contributed by atoms with Crippen molar-refractivity contribution in [1.82, 2.24) is 4.57 Å². The number of rotatable bonds is 5. The van der Waals surface area contributed by atoms with E-state index in [4.69, 9.17) is 11.0 Å². The molecule has 2 aromatic carbocycles. The lowest BCUT2D eigenvalue weighted by Crippen LogP contribution is -2.13. The first-order chi connectivity index (χ1) is 12.6. The van der Waals surface area contributed by atoms with Gasteiger partial charge in [-0.3, -0.25) is 4.79 Å². The summed E-state index contributed by atoms with van der Waals surface area (Å²) >= 11 is 0. The summed E-state index contributed by atoms with van der Waals surface area (Å²) in [6.45, 7) is 0.482. The summed E-state index contributed by atoms with van der Waals surface area (Å²) in [7, 11) is 0. The van der Waals surface area contributed by atoms with Crippen molar-refractivity contribution in [2.45, 2.75) is 13.0 Å². The Labute approximate surface area is 151 Å². The topological polar surface area (TPSA) is 95.6 Å². The number of benzene rings is 2. The lowest BCUT2D eigenvalue weighted by Gasteiger charge is -2.02. The average molecular weight is 340 g/mol. The number of primary amides is 1. The summed E-state index contributed by atoms with van der Waals surface area (Å²) in [6.07, 6.45) is 3.97. The molecule has 5 heteroatoms. The number of aromatic nitrogens is 1. The first-order valence-electron chi connectivity index (χ1n) is 8.11. The zero-order chi connectivity index (χ0) is 18.5. The molecule has 0 bridgehead atoms. The molecular weight excluding hydrogens is 324 g/mol. The molecule has 3 aromatic rings. The molecule has 0 atom stereocenters. The van der Waals surface area contributed by atoms with E-state index in [-0.39, 0.29) is 12.3 Å². The van der Waals surface area contributed by atoms with Crippen LogP contribution in [0.1, 0.15) is 23.1 Å². The predicted octanol–water partition coefficient (Wildman–Crippen LogP) is 3.45. The van der Waals surface area contributed by atoms with E-state index in [9.17, 15) is 10.1 Å². The first kappa shape index (κ1) is 17.0. The summed E-state index contributed by atoms with van der Waals surface area (Å²) in [6, 6.07) is 19.1. The molecular formula is C21H16N4O. The van der Waals surface area contributed by atoms with Gasteiger partial charge in [0.15, 0.2) is 0 Å². The highest BCUT2D eigenvalue weighted by Gasteiger charge is 2.09. The summed E-state index contributed by atoms with van der Waals surface area (Å²) < 4.78 is 1.96. The number of para-hydroxylation sites is 1. The Morgan fingerprint density at radius 1 is 1.15 bits per heavy atom. The number of nitrogens with zero attached hydrogens (tertiary/aromatic N) is 3. The second kappa shape index (κ2) is 7.38. The van der Waals surface area contributed by atoms with Gasteiger partial charge in [-0.05, 0) is 29.8 Å². The number of nitriles is 2. The first-order valence-corrected chi connectivity index (χ1v) is 8.11. The monoisotopic (exact) mass is 340 g/mol. The van der Waals surface area contributed by atoms with Crippen molar-refractivity contribution < 1.29 is 4.79 Å². The van der Waals surface area contributed by atoms with Gasteiger partial charge in [0.1, 0.15) is 0 Å². The molecule has 1 heterocycles. The molecule has 0 aliphatic rings. The van der Waals surface area contributed by atoms with Crippen LogP contribution in [0.2, 0.25) is 0 Å². The molecule has 0 aliphatic heterocycles. The van der Waals surface area contributed by atoms with Crippen LogP contribution >= 0.6 is 0 Å². The number of nitrogens with two attached hydrogens (primary N) is 1. The third-order valence-corrected chi connectivity index (χ3v) is 4.14. The minimum absolute atomic E-state index is 0.247. The summed E-state index contributed by atoms with van der Waals surface area (Å²) in [4.78, 5) is 11.1. The Bertz CT molecular complexity index is 1090. The predicted molar refractivity (Wildman–Crippen MR) is 100 cm³/mol. The lowest BCUT2D eigenvalue weighted by atomic mass is 10.0. The van der Waals surface area contributed by atoms with Gasteiger partial charge in [0, 0.05) is 35.6 Å². The van der Waals surface area contributed by atoms with Gasteiger partial charge in [-0.1, -0.05) is 30.3 Å². The Morgan fingerprint density at radius 3 is 2.69 bits per heavy atom. The minimum atomic E-state index is -0.356. The molecule has 1 amide bonds. The fourth-order valence-electron chi connectivity index (χ4n) is 2.90. The van der Waals surface area contributed by atoms with Crippen LogP contribution in [0, 0.1) is 22.7 Å². The number of carbonyl (C=O) groups is 1. The third-order valence-electron chi connectivity index (χ3n) is 4.14. The van der Waals surface area contributed by atoms with Gasteiger partial charge in [-0.25, -0.2) is 0 Å². The van der Waals surface area contributed by atoms with Gasteiger partial charge in [0.05, 0.1) is 23.3 Å². The lowest BCUT2D eigenvalue weighted by molar-refractivity contribution is -0.118. The Kier molecular flexibility index (Phi) is 4.83. The number of aryl methyl sites for hydroxylation is 1. The van der Waals surface area contributed by atoms with Crippen LogP contribution in [0.25, 0.3) is 22.6 Å². The zero-order valence-corrected chi connectivity index (χ0v) is 14.0. The van der Waals surface area contributed by atoms with Crippen LogP contribution in [-0.2, 0) is 11.3 Å². The highest BCUT2D eigenvalue weighted by Crippen LogP contribution is 2.26. The van der Waals surface area contributed by atoms with Crippen molar-refractivity contribution in [3.8, 4) is 12.1 Å². The van der Waals surface area contributed by atoms with Crippen molar-refractivity contribution in [2.24, 2.45) is 5.73 Å². The quantitative estimate of drug-likeness (QED) is 0.720. The maximum Gasteiger partial charge on any atom is 0.219 e. The van der Waals surface area contributed by atoms with Crippen LogP contribution in [0.4, 0.5) is 0 Å². The maximum absolute atomic E-state index is 11.1. The molecule has 3 rings (SSSR count). The zero-order valence-electron chi connectivity index (χ0n) is 14.0. The smallest absolute Gasteiger partial charge is 0.219 e. The van der Waals surface area contributed by atoms with E-state index >= 15 is 0 Å². The standard InChI is InChI=1S/C21H16N4O/c22-12-15-4-3-5-16(10-15)17(13-23)11-18-14-25(9-8-21(24)26)20-7-2-1-6-19(18)20/h1-7,10-11,14H,8-9H2,(H2,24,26)/b17-11+. The number of hydrogen-bond acceptors (Lipinski definition) is 3. The van der Waals surface area contributed by atoms with E-state index < -0.39 is 0 Å². The van der Waals surface area contributed by atoms with Crippen molar-refractivity contribution in [3.63, 3.8) is 0 Å². The Balaban J connectivity index is 2.09. The minimum Gasteiger partial charge on any atom is -0.370 e. The van der Waals surface area contributed by atoms with Crippen LogP contribution in [0.5, 0.6) is 0 Å². The van der Waals surface area contributed by atoms with Crippen molar-refractivity contribution in [2.75, 3.05) is 0 Å². The molecule has 0 radical (unpaired) electrons. The second-order valence-electron chi connectivity index (χ2n) is 5.87. The number of amides is 1. The molecule has 0 spiro atoms. The van der Waals surface area contributed by atoms with Crippen LogP contribution in [0.15, 0.2) is 54.7 Å². The molecule has 126 valence electrons. The van der Waals surface area contributed by atoms with E-state index in [1.807, 2.05) is 41.1 Å². The van der Waals surface area contributed by atoms with E-state index in [1.54, 1.807) is 24.3 Å². The number of allylic oxidation sites excluding steroid dienone is 1. The fraction of sp³-hybridized carbons (Fsp3) is 0.0952.